The van der Waals surface area contributed by atoms with E-state index in [1.165, 1.54) is 18.3 Å². The second-order valence-corrected chi connectivity index (χ2v) is 4.71. The first kappa shape index (κ1) is 14.4. The highest BCUT2D eigenvalue weighted by molar-refractivity contribution is 5.89. The van der Waals surface area contributed by atoms with E-state index in [2.05, 4.69) is 11.4 Å². The molecule has 1 heterocycles. The first-order valence-corrected chi connectivity index (χ1v) is 6.47. The molecular formula is C17H10F3NO. The van der Waals surface area contributed by atoms with E-state index in [1.807, 2.05) is 6.07 Å². The number of hydrogen-bond acceptors (Lipinski definition) is 2. The lowest BCUT2D eigenvalue weighted by Gasteiger charge is -2.12. The Morgan fingerprint density at radius 3 is 2.36 bits per heavy atom. The first-order chi connectivity index (χ1) is 10.5. The summed E-state index contributed by atoms with van der Waals surface area (Å²) in [6, 6.07) is 12.6. The maximum absolute atomic E-state index is 13.0. The van der Waals surface area contributed by atoms with E-state index in [1.54, 1.807) is 24.3 Å². The molecule has 3 aromatic rings. The molecule has 1 N–H and O–H groups in total. The molecule has 5 heteroatoms. The van der Waals surface area contributed by atoms with Crippen LogP contribution in [0.4, 0.5) is 13.2 Å². The van der Waals surface area contributed by atoms with Crippen LogP contribution >= 0.6 is 0 Å². The summed E-state index contributed by atoms with van der Waals surface area (Å²) in [4.78, 5) is 3.86. The maximum atomic E-state index is 13.0. The fourth-order valence-electron chi connectivity index (χ4n) is 2.21. The molecule has 0 aliphatic heterocycles. The van der Waals surface area contributed by atoms with E-state index >= 15 is 0 Å². The molecule has 2 nitrogen and oxygen atoms in total. The smallest absolute Gasteiger partial charge is 0.418 e. The van der Waals surface area contributed by atoms with Gasteiger partial charge in [0, 0.05) is 17.1 Å². The Kier molecular flexibility index (Phi) is 3.48. The lowest BCUT2D eigenvalue weighted by molar-refractivity contribution is -0.136. The van der Waals surface area contributed by atoms with Gasteiger partial charge in [-0.05, 0) is 17.7 Å². The van der Waals surface area contributed by atoms with Crippen molar-refractivity contribution in [1.82, 2.24) is 4.98 Å². The van der Waals surface area contributed by atoms with Gasteiger partial charge in [-0.2, -0.15) is 13.2 Å². The number of benzene rings is 2. The number of rotatable bonds is 2. The summed E-state index contributed by atoms with van der Waals surface area (Å²) in [7, 11) is 0. The molecule has 0 bridgehead atoms. The monoisotopic (exact) mass is 301 g/mol. The van der Waals surface area contributed by atoms with Gasteiger partial charge < -0.3 is 5.11 Å². The van der Waals surface area contributed by atoms with Crippen molar-refractivity contribution in [2.24, 2.45) is 0 Å². The van der Waals surface area contributed by atoms with E-state index in [0.29, 0.717) is 5.56 Å². The van der Waals surface area contributed by atoms with Crippen molar-refractivity contribution in [3.05, 3.63) is 77.8 Å². The number of halogens is 3. The maximum Gasteiger partial charge on any atom is 0.418 e. The standard InChI is InChI=1S/C17H10F3NO/c18-17(19,20)14-8-4-7-13-15(14)21-10-12(16(13)22)9-11-5-2-1-3-6-11/h1-8,10H,(H,21,22). The van der Waals surface area contributed by atoms with Gasteiger partial charge in [0.2, 0.25) is 0 Å². The molecule has 0 saturated carbocycles. The van der Waals surface area contributed by atoms with Gasteiger partial charge in [0.05, 0.1) is 17.5 Å². The van der Waals surface area contributed by atoms with Gasteiger partial charge in [0.1, 0.15) is 5.75 Å². The molecule has 0 saturated heterocycles. The molecule has 0 aliphatic rings. The second-order valence-electron chi connectivity index (χ2n) is 4.71. The normalized spacial score (nSPS) is 11.8. The number of hydrogen-bond donors (Lipinski definition) is 1. The third-order valence-electron chi connectivity index (χ3n) is 3.23. The minimum Gasteiger partial charge on any atom is -0.507 e. The average molecular weight is 301 g/mol. The van der Waals surface area contributed by atoms with Crippen molar-refractivity contribution in [3.63, 3.8) is 0 Å². The molecule has 0 fully saturated rings. The number of pyridine rings is 1. The lowest BCUT2D eigenvalue weighted by atomic mass is 10.0. The SMILES string of the molecule is Oc1c([C]c2ccccc2)cnc2c(C(F)(F)F)cccc12. The third-order valence-corrected chi connectivity index (χ3v) is 3.23. The summed E-state index contributed by atoms with van der Waals surface area (Å²) >= 11 is 0. The molecule has 110 valence electrons. The van der Waals surface area contributed by atoms with Crippen LogP contribution in [0.3, 0.4) is 0 Å². The zero-order valence-corrected chi connectivity index (χ0v) is 11.2. The molecule has 0 spiro atoms. The molecule has 2 radical (unpaired) electrons. The molecule has 1 aromatic heterocycles. The van der Waals surface area contributed by atoms with Crippen LogP contribution in [-0.2, 0) is 6.18 Å². The van der Waals surface area contributed by atoms with Crippen molar-refractivity contribution >= 4 is 10.9 Å². The minimum absolute atomic E-state index is 0.0516. The highest BCUT2D eigenvalue weighted by Crippen LogP contribution is 2.37. The van der Waals surface area contributed by atoms with Gasteiger partial charge in [-0.1, -0.05) is 36.4 Å². The number of fused-ring (bicyclic) bond motifs is 1. The van der Waals surface area contributed by atoms with Crippen molar-refractivity contribution in [1.29, 1.82) is 0 Å². The van der Waals surface area contributed by atoms with Crippen LogP contribution < -0.4 is 0 Å². The van der Waals surface area contributed by atoms with E-state index in [-0.39, 0.29) is 22.2 Å². The minimum atomic E-state index is -4.52. The molecule has 0 amide bonds. The van der Waals surface area contributed by atoms with Gasteiger partial charge in [0.15, 0.2) is 0 Å². The van der Waals surface area contributed by atoms with Crippen molar-refractivity contribution in [2.75, 3.05) is 0 Å². The second kappa shape index (κ2) is 5.33. The number of nitrogens with zero attached hydrogens (tertiary/aromatic N) is 1. The van der Waals surface area contributed by atoms with Gasteiger partial charge in [0.25, 0.3) is 0 Å². The molecule has 0 aliphatic carbocycles. The Balaban J connectivity index is 2.11. The predicted octanol–water partition coefficient (Wildman–Crippen LogP) is 4.44. The van der Waals surface area contributed by atoms with E-state index < -0.39 is 11.7 Å². The first-order valence-electron chi connectivity index (χ1n) is 6.47. The largest absolute Gasteiger partial charge is 0.507 e. The highest BCUT2D eigenvalue weighted by Gasteiger charge is 2.33. The Morgan fingerprint density at radius 2 is 1.68 bits per heavy atom. The van der Waals surface area contributed by atoms with E-state index in [9.17, 15) is 18.3 Å². The van der Waals surface area contributed by atoms with Crippen molar-refractivity contribution in [2.45, 2.75) is 6.18 Å². The number of para-hydroxylation sites is 1. The Hall–Kier alpha value is -2.56. The van der Waals surface area contributed by atoms with Gasteiger partial charge in [-0.25, -0.2) is 0 Å². The molecule has 0 unspecified atom stereocenters. The lowest BCUT2D eigenvalue weighted by Crippen LogP contribution is -2.06. The summed E-state index contributed by atoms with van der Waals surface area (Å²) in [6.07, 6.45) is -0.397. The molecular weight excluding hydrogens is 291 g/mol. The Bertz CT molecular complexity index is 813. The van der Waals surface area contributed by atoms with Crippen LogP contribution in [0.2, 0.25) is 0 Å². The quantitative estimate of drug-likeness (QED) is 0.759. The molecule has 22 heavy (non-hydrogen) atoms. The van der Waals surface area contributed by atoms with Crippen molar-refractivity contribution < 1.29 is 18.3 Å². The summed E-state index contributed by atoms with van der Waals surface area (Å²) in [6.45, 7) is 0. The zero-order valence-electron chi connectivity index (χ0n) is 11.2. The number of aromatic hydroxyl groups is 1. The summed E-state index contributed by atoms with van der Waals surface area (Å²) < 4.78 is 38.9. The van der Waals surface area contributed by atoms with Crippen LogP contribution in [0.15, 0.2) is 54.7 Å². The molecule has 0 atom stereocenters. The zero-order chi connectivity index (χ0) is 15.7. The average Bonchev–Trinajstić information content (AvgIpc) is 2.50. The van der Waals surface area contributed by atoms with Gasteiger partial charge in [-0.15, -0.1) is 0 Å². The van der Waals surface area contributed by atoms with Crippen LogP contribution in [0.5, 0.6) is 5.75 Å². The Labute approximate surface area is 124 Å². The summed E-state index contributed by atoms with van der Waals surface area (Å²) in [5.74, 6) is -0.264. The Morgan fingerprint density at radius 1 is 0.955 bits per heavy atom. The fourth-order valence-corrected chi connectivity index (χ4v) is 2.21. The summed E-state index contributed by atoms with van der Waals surface area (Å²) in [5, 5.41) is 10.3. The third kappa shape index (κ3) is 2.62. The van der Waals surface area contributed by atoms with Crippen LogP contribution in [0, 0.1) is 6.42 Å². The van der Waals surface area contributed by atoms with Gasteiger partial charge >= 0.3 is 6.18 Å². The number of aromatic nitrogens is 1. The van der Waals surface area contributed by atoms with Gasteiger partial charge in [-0.3, -0.25) is 4.98 Å². The summed E-state index contributed by atoms with van der Waals surface area (Å²) in [5.41, 5.74) is -0.193. The van der Waals surface area contributed by atoms with Crippen molar-refractivity contribution in [3.8, 4) is 5.75 Å². The van der Waals surface area contributed by atoms with E-state index in [4.69, 9.17) is 0 Å². The molecule has 2 aromatic carbocycles. The fraction of sp³-hybridized carbons (Fsp3) is 0.0588. The number of alkyl halides is 3. The van der Waals surface area contributed by atoms with Crippen LogP contribution in [0.25, 0.3) is 10.9 Å². The van der Waals surface area contributed by atoms with Crippen LogP contribution in [-0.4, -0.2) is 10.1 Å². The van der Waals surface area contributed by atoms with E-state index in [0.717, 1.165) is 6.07 Å². The highest BCUT2D eigenvalue weighted by atomic mass is 19.4. The predicted molar refractivity (Wildman–Crippen MR) is 76.3 cm³/mol. The topological polar surface area (TPSA) is 33.1 Å². The molecule has 3 rings (SSSR count). The van der Waals surface area contributed by atoms with Crippen LogP contribution in [0.1, 0.15) is 16.7 Å².